The predicted molar refractivity (Wildman–Crippen MR) is 379 cm³/mol. The van der Waals surface area contributed by atoms with E-state index < -0.39 is 30.3 Å². The molecule has 9 nitrogen and oxygen atoms in total. The molecule has 0 N–H and O–H groups in total. The van der Waals surface area contributed by atoms with Crippen LogP contribution in [0.4, 0.5) is 0 Å². The maximum absolute atomic E-state index is 12.9. The molecule has 0 amide bonds. The highest BCUT2D eigenvalue weighted by Crippen LogP contribution is 2.16. The second-order valence-corrected chi connectivity index (χ2v) is 24.1. The second-order valence-electron chi connectivity index (χ2n) is 24.1. The van der Waals surface area contributed by atoms with E-state index in [9.17, 15) is 19.5 Å². The molecular weight excluding hydrogens is 1100 g/mol. The molecule has 0 aliphatic rings. The summed E-state index contributed by atoms with van der Waals surface area (Å²) in [5.74, 6) is -2.37. The summed E-state index contributed by atoms with van der Waals surface area (Å²) in [4.78, 5) is 37.4. The smallest absolute Gasteiger partial charge is 0.306 e. The molecule has 0 saturated carbocycles. The van der Waals surface area contributed by atoms with Crippen molar-refractivity contribution in [2.75, 3.05) is 47.5 Å². The number of allylic oxidation sites excluding steroid dienone is 28. The van der Waals surface area contributed by atoms with Gasteiger partial charge in [-0.25, -0.2) is 0 Å². The lowest BCUT2D eigenvalue weighted by Crippen LogP contribution is -2.44. The normalized spacial score (nSPS) is 13.8. The van der Waals surface area contributed by atoms with Crippen LogP contribution in [0.3, 0.4) is 0 Å². The standard InChI is InChI=1S/C80H129NO8/c1-6-8-10-12-14-16-18-20-22-24-26-28-30-31-32-33-34-35-36-37-38-39-40-41-42-43-44-45-46-47-49-51-53-55-57-59-61-63-65-67-69-71-78(83)89-76(75-88-80(79(84)85)86-73-72-81(3,4)5)74-87-77(82)70-68-66-64-62-60-58-56-54-52-50-48-29-27-25-23-21-19-17-15-13-11-9-7-2/h8-11,14-17,20-23,26-29,31-32,34-35,37-38,50,52,56,58,62,64,76,80H,6-7,12-13,18-19,24-25,30,33,36,39-49,51,53-55,57,59-61,63,65-75H2,1-5H3/b10-8-,11-9-,16-14-,17-15-,22-20-,23-21-,28-26-,29-27-,32-31-,35-34-,38-37-,52-50-,58-56-,64-62-. The minimum absolute atomic E-state index is 0.131. The van der Waals surface area contributed by atoms with Crippen molar-refractivity contribution < 1.29 is 42.9 Å². The van der Waals surface area contributed by atoms with Crippen LogP contribution in [0.5, 0.6) is 0 Å². The van der Waals surface area contributed by atoms with Gasteiger partial charge in [0.2, 0.25) is 0 Å². The lowest BCUT2D eigenvalue weighted by Gasteiger charge is -2.26. The largest absolute Gasteiger partial charge is 0.545 e. The van der Waals surface area contributed by atoms with Crippen LogP contribution in [-0.2, 0) is 33.3 Å². The average molecular weight is 1230 g/mol. The highest BCUT2D eigenvalue weighted by Gasteiger charge is 2.22. The van der Waals surface area contributed by atoms with Gasteiger partial charge in [0.15, 0.2) is 12.4 Å². The molecule has 0 spiro atoms. The Morgan fingerprint density at radius 2 is 0.618 bits per heavy atom. The van der Waals surface area contributed by atoms with Crippen molar-refractivity contribution in [3.05, 3.63) is 170 Å². The number of esters is 2. The first kappa shape index (κ1) is 83.7. The van der Waals surface area contributed by atoms with Gasteiger partial charge >= 0.3 is 11.9 Å². The van der Waals surface area contributed by atoms with Gasteiger partial charge in [-0.2, -0.15) is 0 Å². The molecule has 9 heteroatoms. The number of unbranched alkanes of at least 4 members (excludes halogenated alkanes) is 20. The van der Waals surface area contributed by atoms with E-state index >= 15 is 0 Å². The van der Waals surface area contributed by atoms with E-state index in [0.717, 1.165) is 116 Å². The third kappa shape index (κ3) is 70.0. The van der Waals surface area contributed by atoms with Gasteiger partial charge < -0.3 is 33.3 Å². The number of carbonyl (C=O) groups is 3. The van der Waals surface area contributed by atoms with E-state index in [1.165, 1.54) is 103 Å². The van der Waals surface area contributed by atoms with E-state index in [-0.39, 0.29) is 32.7 Å². The summed E-state index contributed by atoms with van der Waals surface area (Å²) in [5.41, 5.74) is 0. The second kappa shape index (κ2) is 68.6. The molecule has 2 unspecified atom stereocenters. The van der Waals surface area contributed by atoms with Crippen LogP contribution < -0.4 is 5.11 Å². The van der Waals surface area contributed by atoms with Gasteiger partial charge in [0.05, 0.1) is 40.3 Å². The van der Waals surface area contributed by atoms with Crippen molar-refractivity contribution in [2.45, 2.75) is 270 Å². The Morgan fingerprint density at radius 3 is 0.933 bits per heavy atom. The quantitative estimate of drug-likeness (QED) is 0.0195. The molecule has 502 valence electrons. The SMILES string of the molecule is CC/C=C\C/C=C\C/C=C\C/C=C\C/C=C\C/C=C\C/C=C\CCCCCCCCCCCCCCCCCCCCCC(=O)OC(COC(=O)CCC/C=C\C/C=C\C/C=C\C/C=C\C/C=C\C/C=C\C/C=C\CC)COC(OCC[N+](C)(C)C)C(=O)[O-]. The van der Waals surface area contributed by atoms with E-state index in [1.54, 1.807) is 0 Å². The molecule has 89 heavy (non-hydrogen) atoms. The van der Waals surface area contributed by atoms with Crippen LogP contribution >= 0.6 is 0 Å². The highest BCUT2D eigenvalue weighted by molar-refractivity contribution is 5.70. The number of hydrogen-bond acceptors (Lipinski definition) is 8. The van der Waals surface area contributed by atoms with Gasteiger partial charge in [0, 0.05) is 12.8 Å². The Bertz CT molecular complexity index is 2070. The molecule has 0 rings (SSSR count). The molecule has 2 atom stereocenters. The fourth-order valence-electron chi connectivity index (χ4n) is 9.15. The fraction of sp³-hybridized carbons (Fsp3) is 0.613. The molecule has 0 aliphatic heterocycles. The highest BCUT2D eigenvalue weighted by atomic mass is 16.7. The van der Waals surface area contributed by atoms with Crippen molar-refractivity contribution in [1.29, 1.82) is 0 Å². The Kier molecular flexibility index (Phi) is 64.4. The van der Waals surface area contributed by atoms with Crippen LogP contribution in [0.25, 0.3) is 0 Å². The van der Waals surface area contributed by atoms with Gasteiger partial charge in [0.25, 0.3) is 0 Å². The Morgan fingerprint density at radius 1 is 0.337 bits per heavy atom. The lowest BCUT2D eigenvalue weighted by molar-refractivity contribution is -0.870. The van der Waals surface area contributed by atoms with Crippen molar-refractivity contribution >= 4 is 17.9 Å². The van der Waals surface area contributed by atoms with E-state index in [2.05, 4.69) is 184 Å². The van der Waals surface area contributed by atoms with Crippen molar-refractivity contribution in [3.63, 3.8) is 0 Å². The number of carbonyl (C=O) groups excluding carboxylic acids is 3. The summed E-state index contributed by atoms with van der Waals surface area (Å²) in [6.45, 7) is 4.45. The monoisotopic (exact) mass is 1230 g/mol. The number of aliphatic carboxylic acids is 1. The minimum Gasteiger partial charge on any atom is -0.545 e. The number of likely N-dealkylation sites (N-methyl/N-ethyl adjacent to an activating group) is 1. The van der Waals surface area contributed by atoms with Crippen LogP contribution in [0, 0.1) is 0 Å². The molecule has 0 aliphatic carbocycles. The van der Waals surface area contributed by atoms with Crippen LogP contribution in [0.1, 0.15) is 258 Å². The Hall–Kier alpha value is -5.35. The first-order valence-electron chi connectivity index (χ1n) is 35.3. The van der Waals surface area contributed by atoms with E-state index in [0.29, 0.717) is 23.9 Å². The molecule has 0 fully saturated rings. The summed E-state index contributed by atoms with van der Waals surface area (Å²) in [5, 5.41) is 11.8. The summed E-state index contributed by atoms with van der Waals surface area (Å²) in [6.07, 6.45) is 100. The Balaban J connectivity index is 4.13. The molecule has 0 aromatic carbocycles. The zero-order valence-electron chi connectivity index (χ0n) is 57.2. The minimum atomic E-state index is -1.64. The van der Waals surface area contributed by atoms with Gasteiger partial charge in [-0.15, -0.1) is 0 Å². The number of carboxylic acid groups (broad SMARTS) is 1. The van der Waals surface area contributed by atoms with Gasteiger partial charge in [-0.1, -0.05) is 293 Å². The zero-order chi connectivity index (χ0) is 64.7. The summed E-state index contributed by atoms with van der Waals surface area (Å²) < 4.78 is 22.7. The molecule has 0 aromatic heterocycles. The molecule has 0 bridgehead atoms. The van der Waals surface area contributed by atoms with Crippen molar-refractivity contribution in [2.24, 2.45) is 0 Å². The first-order chi connectivity index (χ1) is 43.6. The number of ether oxygens (including phenoxy) is 4. The summed E-state index contributed by atoms with van der Waals surface area (Å²) in [6, 6.07) is 0. The van der Waals surface area contributed by atoms with E-state index in [1.807, 2.05) is 21.1 Å². The van der Waals surface area contributed by atoms with Crippen molar-refractivity contribution in [3.8, 4) is 0 Å². The summed E-state index contributed by atoms with van der Waals surface area (Å²) >= 11 is 0. The lowest BCUT2D eigenvalue weighted by atomic mass is 10.0. The van der Waals surface area contributed by atoms with Crippen LogP contribution in [0.2, 0.25) is 0 Å². The number of carboxylic acids is 1. The molecule has 0 saturated heterocycles. The average Bonchev–Trinajstić information content (AvgIpc) is 3.64. The third-order valence-electron chi connectivity index (χ3n) is 14.5. The molecule has 0 heterocycles. The first-order valence-corrected chi connectivity index (χ1v) is 35.3. The van der Waals surface area contributed by atoms with Crippen LogP contribution in [-0.4, -0.2) is 82.3 Å². The number of quaternary nitrogens is 1. The summed E-state index contributed by atoms with van der Waals surface area (Å²) in [7, 11) is 5.90. The van der Waals surface area contributed by atoms with Crippen LogP contribution in [0.15, 0.2) is 170 Å². The third-order valence-corrected chi connectivity index (χ3v) is 14.5. The molecule has 0 aromatic rings. The van der Waals surface area contributed by atoms with Gasteiger partial charge in [-0.3, -0.25) is 9.59 Å². The fourth-order valence-corrected chi connectivity index (χ4v) is 9.15. The number of rotatable bonds is 63. The zero-order valence-corrected chi connectivity index (χ0v) is 57.2. The number of nitrogens with zero attached hydrogens (tertiary/aromatic N) is 1. The predicted octanol–water partition coefficient (Wildman–Crippen LogP) is 20.9. The van der Waals surface area contributed by atoms with Gasteiger partial charge in [-0.05, 0) is 122 Å². The molecular formula is C80H129NO8. The maximum atomic E-state index is 12.9. The molecule has 0 radical (unpaired) electrons. The number of hydrogen-bond donors (Lipinski definition) is 0. The van der Waals surface area contributed by atoms with E-state index in [4.69, 9.17) is 18.9 Å². The topological polar surface area (TPSA) is 111 Å². The van der Waals surface area contributed by atoms with Gasteiger partial charge in [0.1, 0.15) is 13.2 Å². The van der Waals surface area contributed by atoms with Crippen molar-refractivity contribution in [1.82, 2.24) is 0 Å². The Labute approximate surface area is 546 Å². The maximum Gasteiger partial charge on any atom is 0.306 e.